The van der Waals surface area contributed by atoms with Gasteiger partial charge in [0, 0.05) is 29.9 Å². The van der Waals surface area contributed by atoms with Gasteiger partial charge in [0.2, 0.25) is 11.8 Å². The number of primary amides is 1. The maximum absolute atomic E-state index is 11.7. The van der Waals surface area contributed by atoms with Gasteiger partial charge in [-0.3, -0.25) is 9.59 Å². The van der Waals surface area contributed by atoms with E-state index in [1.807, 2.05) is 42.7 Å². The minimum Gasteiger partial charge on any atom is -0.370 e. The Labute approximate surface area is 129 Å². The number of rotatable bonds is 6. The smallest absolute Gasteiger partial charge is 0.224 e. The summed E-state index contributed by atoms with van der Waals surface area (Å²) in [6.07, 6.45) is 2.75. The average Bonchev–Trinajstić information content (AvgIpc) is 2.79. The topological polar surface area (TPSA) is 90.0 Å². The lowest BCUT2D eigenvalue weighted by Crippen LogP contribution is -2.14. The molecule has 1 heterocycles. The van der Waals surface area contributed by atoms with Crippen LogP contribution in [-0.2, 0) is 9.59 Å². The summed E-state index contributed by atoms with van der Waals surface area (Å²) in [5.74, 6) is -0.508. The average molecular weight is 300 g/mol. The molecule has 0 atom stereocenters. The Kier molecular flexibility index (Phi) is 4.93. The molecule has 116 valence electrons. The predicted octanol–water partition coefficient (Wildman–Crippen LogP) is 2.08. The Balaban J connectivity index is 1.96. The van der Waals surface area contributed by atoms with Gasteiger partial charge in [0.25, 0.3) is 0 Å². The van der Waals surface area contributed by atoms with Crippen molar-refractivity contribution in [1.82, 2.24) is 9.55 Å². The molecule has 0 aliphatic heterocycles. The van der Waals surface area contributed by atoms with Crippen molar-refractivity contribution in [3.8, 4) is 5.69 Å². The number of hydrogen-bond donors (Lipinski definition) is 2. The van der Waals surface area contributed by atoms with Crippen molar-refractivity contribution in [2.75, 3.05) is 5.32 Å². The first-order valence-corrected chi connectivity index (χ1v) is 7.16. The number of aromatic nitrogens is 2. The quantitative estimate of drug-likeness (QED) is 0.855. The number of imidazole rings is 1. The molecule has 0 bridgehead atoms. The number of anilines is 1. The van der Waals surface area contributed by atoms with Gasteiger partial charge in [0.1, 0.15) is 0 Å². The first-order valence-electron chi connectivity index (χ1n) is 7.16. The van der Waals surface area contributed by atoms with Crippen LogP contribution < -0.4 is 11.1 Å². The lowest BCUT2D eigenvalue weighted by Gasteiger charge is -2.08. The zero-order chi connectivity index (χ0) is 16.1. The molecule has 0 aliphatic rings. The van der Waals surface area contributed by atoms with Crippen LogP contribution in [0.4, 0.5) is 5.69 Å². The van der Waals surface area contributed by atoms with E-state index in [2.05, 4.69) is 10.3 Å². The van der Waals surface area contributed by atoms with Gasteiger partial charge < -0.3 is 15.6 Å². The second kappa shape index (κ2) is 6.89. The van der Waals surface area contributed by atoms with E-state index in [9.17, 15) is 9.59 Å². The zero-order valence-corrected chi connectivity index (χ0v) is 12.8. The number of benzene rings is 1. The van der Waals surface area contributed by atoms with Crippen LogP contribution in [0.15, 0.2) is 30.6 Å². The monoisotopic (exact) mass is 300 g/mol. The zero-order valence-electron chi connectivity index (χ0n) is 12.8. The van der Waals surface area contributed by atoms with Crippen molar-refractivity contribution in [1.29, 1.82) is 0 Å². The summed E-state index contributed by atoms with van der Waals surface area (Å²) in [5.41, 5.74) is 8.83. The highest BCUT2D eigenvalue weighted by Crippen LogP contribution is 2.17. The van der Waals surface area contributed by atoms with E-state index >= 15 is 0 Å². The normalized spacial score (nSPS) is 10.5. The molecule has 0 saturated carbocycles. The molecule has 0 unspecified atom stereocenters. The summed E-state index contributed by atoms with van der Waals surface area (Å²) in [6.45, 7) is 3.98. The SMILES string of the molecule is Cc1ncn(-c2ccc(NC(=O)CCCC(N)=O)cc2)c1C. The van der Waals surface area contributed by atoms with Crippen LogP contribution in [0, 0.1) is 13.8 Å². The van der Waals surface area contributed by atoms with Gasteiger partial charge in [-0.2, -0.15) is 0 Å². The maximum atomic E-state index is 11.7. The lowest BCUT2D eigenvalue weighted by atomic mass is 10.2. The second-order valence-corrected chi connectivity index (χ2v) is 5.20. The van der Waals surface area contributed by atoms with Crippen LogP contribution in [0.1, 0.15) is 30.7 Å². The molecule has 6 nitrogen and oxygen atoms in total. The molecule has 1 aromatic heterocycles. The van der Waals surface area contributed by atoms with E-state index in [-0.39, 0.29) is 24.7 Å². The van der Waals surface area contributed by atoms with E-state index in [0.717, 1.165) is 22.8 Å². The van der Waals surface area contributed by atoms with Gasteiger partial charge in [-0.25, -0.2) is 4.98 Å². The Morgan fingerprint density at radius 3 is 2.41 bits per heavy atom. The van der Waals surface area contributed by atoms with E-state index in [0.29, 0.717) is 6.42 Å². The van der Waals surface area contributed by atoms with Crippen LogP contribution in [0.2, 0.25) is 0 Å². The fourth-order valence-corrected chi connectivity index (χ4v) is 2.11. The molecule has 0 radical (unpaired) electrons. The Hall–Kier alpha value is -2.63. The number of carbonyl (C=O) groups is 2. The van der Waals surface area contributed by atoms with Crippen LogP contribution in [0.5, 0.6) is 0 Å². The Bertz CT molecular complexity index is 674. The van der Waals surface area contributed by atoms with Crippen LogP contribution >= 0.6 is 0 Å². The van der Waals surface area contributed by atoms with Gasteiger partial charge >= 0.3 is 0 Å². The first kappa shape index (κ1) is 15.8. The minimum absolute atomic E-state index is 0.122. The largest absolute Gasteiger partial charge is 0.370 e. The Morgan fingerprint density at radius 2 is 1.86 bits per heavy atom. The van der Waals surface area contributed by atoms with Crippen LogP contribution in [0.3, 0.4) is 0 Å². The molecular weight excluding hydrogens is 280 g/mol. The molecule has 2 aromatic rings. The summed E-state index contributed by atoms with van der Waals surface area (Å²) in [5, 5.41) is 2.80. The molecule has 2 rings (SSSR count). The number of nitrogens with two attached hydrogens (primary N) is 1. The van der Waals surface area contributed by atoms with E-state index in [1.54, 1.807) is 6.33 Å². The number of nitrogens with zero attached hydrogens (tertiary/aromatic N) is 2. The fourth-order valence-electron chi connectivity index (χ4n) is 2.11. The molecule has 6 heteroatoms. The third kappa shape index (κ3) is 3.94. The van der Waals surface area contributed by atoms with Crippen molar-refractivity contribution in [3.05, 3.63) is 42.0 Å². The Morgan fingerprint density at radius 1 is 1.18 bits per heavy atom. The van der Waals surface area contributed by atoms with Gasteiger partial charge in [0.05, 0.1) is 12.0 Å². The van der Waals surface area contributed by atoms with Crippen molar-refractivity contribution < 1.29 is 9.59 Å². The highest BCUT2D eigenvalue weighted by molar-refractivity contribution is 5.91. The first-order chi connectivity index (χ1) is 10.5. The molecule has 0 aliphatic carbocycles. The van der Waals surface area contributed by atoms with Crippen molar-refractivity contribution in [2.45, 2.75) is 33.1 Å². The number of nitrogens with one attached hydrogen (secondary N) is 1. The second-order valence-electron chi connectivity index (χ2n) is 5.20. The van der Waals surface area contributed by atoms with Crippen molar-refractivity contribution >= 4 is 17.5 Å². The van der Waals surface area contributed by atoms with E-state index < -0.39 is 0 Å². The highest BCUT2D eigenvalue weighted by atomic mass is 16.2. The minimum atomic E-state index is -0.386. The molecule has 0 saturated heterocycles. The molecule has 3 N–H and O–H groups in total. The lowest BCUT2D eigenvalue weighted by molar-refractivity contribution is -0.118. The summed E-state index contributed by atoms with van der Waals surface area (Å²) in [7, 11) is 0. The van der Waals surface area contributed by atoms with Crippen molar-refractivity contribution in [3.63, 3.8) is 0 Å². The molecule has 1 aromatic carbocycles. The predicted molar refractivity (Wildman–Crippen MR) is 84.7 cm³/mol. The van der Waals surface area contributed by atoms with Crippen LogP contribution in [-0.4, -0.2) is 21.4 Å². The van der Waals surface area contributed by atoms with Crippen LogP contribution in [0.25, 0.3) is 5.69 Å². The molecule has 22 heavy (non-hydrogen) atoms. The number of amides is 2. The summed E-state index contributed by atoms with van der Waals surface area (Å²) < 4.78 is 1.99. The number of carbonyl (C=O) groups excluding carboxylic acids is 2. The molecule has 2 amide bonds. The fraction of sp³-hybridized carbons (Fsp3) is 0.312. The highest BCUT2D eigenvalue weighted by Gasteiger charge is 2.06. The van der Waals surface area contributed by atoms with E-state index in [1.165, 1.54) is 0 Å². The van der Waals surface area contributed by atoms with Gasteiger partial charge in [-0.15, -0.1) is 0 Å². The van der Waals surface area contributed by atoms with E-state index in [4.69, 9.17) is 5.73 Å². The summed E-state index contributed by atoms with van der Waals surface area (Å²) in [6, 6.07) is 7.53. The molecule has 0 spiro atoms. The summed E-state index contributed by atoms with van der Waals surface area (Å²) in [4.78, 5) is 26.6. The molecular formula is C16H20N4O2. The van der Waals surface area contributed by atoms with Gasteiger partial charge in [-0.1, -0.05) is 0 Å². The number of aryl methyl sites for hydroxylation is 1. The standard InChI is InChI=1S/C16H20N4O2/c1-11-12(2)20(10-18-11)14-8-6-13(7-9-14)19-16(22)5-3-4-15(17)21/h6-10H,3-5H2,1-2H3,(H2,17,21)(H,19,22). The number of hydrogen-bond acceptors (Lipinski definition) is 3. The van der Waals surface area contributed by atoms with Crippen molar-refractivity contribution in [2.24, 2.45) is 5.73 Å². The third-order valence-electron chi connectivity index (χ3n) is 3.51. The molecule has 0 fully saturated rings. The maximum Gasteiger partial charge on any atom is 0.224 e. The van der Waals surface area contributed by atoms with Gasteiger partial charge in [0.15, 0.2) is 0 Å². The third-order valence-corrected chi connectivity index (χ3v) is 3.51. The summed E-state index contributed by atoms with van der Waals surface area (Å²) >= 11 is 0. The van der Waals surface area contributed by atoms with Gasteiger partial charge in [-0.05, 0) is 44.5 Å².